The predicted octanol–water partition coefficient (Wildman–Crippen LogP) is 21.7. The van der Waals surface area contributed by atoms with Gasteiger partial charge in [-0.1, -0.05) is 325 Å². The van der Waals surface area contributed by atoms with Gasteiger partial charge in [-0.05, 0) is 49.4 Å². The van der Waals surface area contributed by atoms with E-state index in [1.54, 1.807) is 0 Å². The second-order valence-corrected chi connectivity index (χ2v) is 31.9. The maximum Gasteiger partial charge on any atom is 0.472 e. The SMILES string of the molecule is CC(C)CCCCCCCCCCCCCCCCCCCCC(=O)O[C@H](COC(=O)CCCCCCCCCC(C)C)COP(=O)(O)OC[C@@H](O)COP(=O)(O)OC[C@@H](COC(=O)CCCCCCCCC(C)C)OC(=O)CCCCCCCCCCCCCC(C)C. The van der Waals surface area contributed by atoms with Crippen LogP contribution < -0.4 is 0 Å². The summed E-state index contributed by atoms with van der Waals surface area (Å²) < 4.78 is 68.4. The maximum atomic E-state index is 13.1. The summed E-state index contributed by atoms with van der Waals surface area (Å²) >= 11 is 0. The largest absolute Gasteiger partial charge is 0.472 e. The van der Waals surface area contributed by atoms with Crippen molar-refractivity contribution < 1.29 is 80.2 Å². The van der Waals surface area contributed by atoms with Gasteiger partial charge < -0.3 is 33.8 Å². The predicted molar refractivity (Wildman–Crippen MR) is 381 cm³/mol. The summed E-state index contributed by atoms with van der Waals surface area (Å²) in [5.74, 6) is 0.844. The molecule has 0 radical (unpaired) electrons. The van der Waals surface area contributed by atoms with Crippen molar-refractivity contribution in [1.29, 1.82) is 0 Å². The van der Waals surface area contributed by atoms with E-state index in [0.29, 0.717) is 37.5 Å². The summed E-state index contributed by atoms with van der Waals surface area (Å²) in [6, 6.07) is 0. The van der Waals surface area contributed by atoms with Gasteiger partial charge in [0, 0.05) is 25.7 Å². The first-order valence-electron chi connectivity index (χ1n) is 38.7. The molecule has 3 N–H and O–H groups in total. The van der Waals surface area contributed by atoms with Crippen LogP contribution in [-0.4, -0.2) is 96.7 Å². The zero-order valence-corrected chi connectivity index (χ0v) is 63.4. The van der Waals surface area contributed by atoms with Crippen molar-refractivity contribution in [1.82, 2.24) is 0 Å². The summed E-state index contributed by atoms with van der Waals surface area (Å²) in [5, 5.41) is 10.6. The molecular weight excluding hydrogens is 1230 g/mol. The van der Waals surface area contributed by atoms with E-state index in [1.807, 2.05) is 0 Å². The van der Waals surface area contributed by atoms with E-state index in [-0.39, 0.29) is 25.7 Å². The number of hydrogen-bond donors (Lipinski definition) is 3. The van der Waals surface area contributed by atoms with Crippen molar-refractivity contribution in [2.75, 3.05) is 39.6 Å². The van der Waals surface area contributed by atoms with Gasteiger partial charge in [0.15, 0.2) is 12.2 Å². The van der Waals surface area contributed by atoms with Crippen LogP contribution in [0.4, 0.5) is 0 Å². The first-order valence-corrected chi connectivity index (χ1v) is 41.7. The minimum atomic E-state index is -4.96. The van der Waals surface area contributed by atoms with E-state index >= 15 is 0 Å². The van der Waals surface area contributed by atoms with Crippen molar-refractivity contribution in [3.8, 4) is 0 Å². The van der Waals surface area contributed by atoms with Crippen LogP contribution in [-0.2, 0) is 65.4 Å². The van der Waals surface area contributed by atoms with E-state index in [0.717, 1.165) is 115 Å². The van der Waals surface area contributed by atoms with Crippen molar-refractivity contribution in [2.24, 2.45) is 23.7 Å². The van der Waals surface area contributed by atoms with Gasteiger partial charge in [0.05, 0.1) is 26.4 Å². The van der Waals surface area contributed by atoms with Gasteiger partial charge in [-0.3, -0.25) is 37.3 Å². The average Bonchev–Trinajstić information content (AvgIpc) is 2.02. The first kappa shape index (κ1) is 92.1. The molecule has 0 amide bonds. The Bertz CT molecular complexity index is 1850. The lowest BCUT2D eigenvalue weighted by Crippen LogP contribution is -2.30. The zero-order chi connectivity index (χ0) is 69.6. The summed E-state index contributed by atoms with van der Waals surface area (Å²) in [6.07, 6.45) is 48.9. The lowest BCUT2D eigenvalue weighted by molar-refractivity contribution is -0.161. The van der Waals surface area contributed by atoms with Crippen molar-refractivity contribution in [3.63, 3.8) is 0 Å². The molecule has 94 heavy (non-hydrogen) atoms. The van der Waals surface area contributed by atoms with Gasteiger partial charge in [0.25, 0.3) is 0 Å². The molecule has 0 aliphatic rings. The van der Waals surface area contributed by atoms with Crippen LogP contribution in [0.2, 0.25) is 0 Å². The van der Waals surface area contributed by atoms with Crippen molar-refractivity contribution >= 4 is 39.5 Å². The van der Waals surface area contributed by atoms with E-state index in [4.69, 9.17) is 37.0 Å². The average molecular weight is 1380 g/mol. The summed E-state index contributed by atoms with van der Waals surface area (Å²) in [4.78, 5) is 72.7. The molecule has 0 aromatic heterocycles. The third-order valence-corrected chi connectivity index (χ3v) is 19.2. The third-order valence-electron chi connectivity index (χ3n) is 17.3. The molecule has 5 atom stereocenters. The highest BCUT2D eigenvalue weighted by molar-refractivity contribution is 7.47. The molecule has 0 fully saturated rings. The Kier molecular flexibility index (Phi) is 63.1. The van der Waals surface area contributed by atoms with Crippen LogP contribution in [0.5, 0.6) is 0 Å². The fourth-order valence-electron chi connectivity index (χ4n) is 11.4. The monoisotopic (exact) mass is 1380 g/mol. The lowest BCUT2D eigenvalue weighted by atomic mass is 10.0. The molecule has 0 aliphatic heterocycles. The molecule has 0 saturated heterocycles. The van der Waals surface area contributed by atoms with Gasteiger partial charge in [-0.2, -0.15) is 0 Å². The topological polar surface area (TPSA) is 237 Å². The zero-order valence-electron chi connectivity index (χ0n) is 61.6. The molecule has 19 heteroatoms. The number of carbonyl (C=O) groups is 4. The fourth-order valence-corrected chi connectivity index (χ4v) is 13.0. The quantitative estimate of drug-likeness (QED) is 0.0222. The molecular formula is C75H146O17P2. The van der Waals surface area contributed by atoms with Gasteiger partial charge in [-0.25, -0.2) is 9.13 Å². The number of unbranched alkanes of at least 4 members (excludes halogenated alkanes) is 38. The lowest BCUT2D eigenvalue weighted by Gasteiger charge is -2.21. The van der Waals surface area contributed by atoms with Crippen LogP contribution in [0.15, 0.2) is 0 Å². The number of esters is 4. The van der Waals surface area contributed by atoms with E-state index in [2.05, 4.69) is 55.4 Å². The Balaban J connectivity index is 5.17. The van der Waals surface area contributed by atoms with Crippen LogP contribution in [0, 0.1) is 23.7 Å². The number of hydrogen-bond acceptors (Lipinski definition) is 15. The maximum absolute atomic E-state index is 13.1. The minimum Gasteiger partial charge on any atom is -0.462 e. The molecule has 0 saturated carbocycles. The Morgan fingerprint density at radius 3 is 0.660 bits per heavy atom. The number of phosphoric acid groups is 2. The van der Waals surface area contributed by atoms with E-state index in [1.165, 1.54) is 167 Å². The van der Waals surface area contributed by atoms with Crippen molar-refractivity contribution in [2.45, 2.75) is 395 Å². The van der Waals surface area contributed by atoms with Crippen LogP contribution in [0.25, 0.3) is 0 Å². The molecule has 0 heterocycles. The van der Waals surface area contributed by atoms with Crippen LogP contribution in [0.3, 0.4) is 0 Å². The third kappa shape index (κ3) is 68.6. The summed E-state index contributed by atoms with van der Waals surface area (Å²) in [5.41, 5.74) is 0. The Morgan fingerprint density at radius 1 is 0.266 bits per heavy atom. The van der Waals surface area contributed by atoms with Gasteiger partial charge in [-0.15, -0.1) is 0 Å². The smallest absolute Gasteiger partial charge is 0.462 e. The number of phosphoric ester groups is 2. The van der Waals surface area contributed by atoms with E-state index < -0.39 is 97.5 Å². The van der Waals surface area contributed by atoms with Gasteiger partial charge in [0.2, 0.25) is 0 Å². The van der Waals surface area contributed by atoms with E-state index in [9.17, 15) is 43.2 Å². The fraction of sp³-hybridized carbons (Fsp3) is 0.947. The van der Waals surface area contributed by atoms with Crippen LogP contribution in [0.1, 0.15) is 376 Å². The number of aliphatic hydroxyl groups is 1. The second kappa shape index (κ2) is 64.4. The molecule has 17 nitrogen and oxygen atoms in total. The molecule has 0 aromatic carbocycles. The summed E-state index contributed by atoms with van der Waals surface area (Å²) in [7, 11) is -9.91. The second-order valence-electron chi connectivity index (χ2n) is 28.9. The van der Waals surface area contributed by atoms with Crippen LogP contribution >= 0.6 is 15.6 Å². The van der Waals surface area contributed by atoms with Crippen molar-refractivity contribution in [3.05, 3.63) is 0 Å². The summed E-state index contributed by atoms with van der Waals surface area (Å²) in [6.45, 7) is 14.1. The highest BCUT2D eigenvalue weighted by atomic mass is 31.2. The molecule has 0 rings (SSSR count). The molecule has 0 bridgehead atoms. The number of aliphatic hydroxyl groups excluding tert-OH is 1. The molecule has 0 aliphatic carbocycles. The molecule has 0 spiro atoms. The number of ether oxygens (including phenoxy) is 4. The molecule has 558 valence electrons. The molecule has 0 aromatic rings. The first-order chi connectivity index (χ1) is 45.1. The molecule has 2 unspecified atom stereocenters. The Hall–Kier alpha value is -1.94. The number of rotatable bonds is 72. The number of carbonyl (C=O) groups excluding carboxylic acids is 4. The highest BCUT2D eigenvalue weighted by Crippen LogP contribution is 2.45. The minimum absolute atomic E-state index is 0.105. The normalized spacial score (nSPS) is 14.2. The van der Waals surface area contributed by atoms with Gasteiger partial charge in [0.1, 0.15) is 19.3 Å². The Morgan fingerprint density at radius 2 is 0.447 bits per heavy atom. The van der Waals surface area contributed by atoms with Gasteiger partial charge >= 0.3 is 39.5 Å². The standard InChI is InChI=1S/C75H146O17P2/c1-65(2)51-43-35-27-22-18-15-13-11-9-10-12-14-16-20-24-30-41-49-57-74(79)91-70(61-85-72(77)55-47-39-32-26-29-37-45-53-67(5)6)63-89-93(81,82)87-59-69(76)60-88-94(83,84)90-64-71(62-86-73(78)56-48-40-34-33-38-46-54-68(7)8)92-75(80)58-50-42-31-25-21-17-19-23-28-36-44-52-66(3)4/h65-71,76H,9-64H2,1-8H3,(H,81,82)(H,83,84)/t69-,70-,71-/m1/s1. The Labute approximate surface area is 575 Å². The highest BCUT2D eigenvalue weighted by Gasteiger charge is 2.30.